The van der Waals surface area contributed by atoms with Crippen molar-refractivity contribution in [1.29, 1.82) is 0 Å². The van der Waals surface area contributed by atoms with E-state index in [4.69, 9.17) is 14.9 Å². The molecule has 0 bridgehead atoms. The summed E-state index contributed by atoms with van der Waals surface area (Å²) in [5.41, 5.74) is 3.75. The van der Waals surface area contributed by atoms with Gasteiger partial charge in [-0.1, -0.05) is 18.2 Å². The molecular weight excluding hydrogens is 623 g/mol. The minimum atomic E-state index is -4.57. The molecule has 214 valence electrons. The predicted octanol–water partition coefficient (Wildman–Crippen LogP) is 4.86. The number of aromatic nitrogens is 2. The number of alkyl halides is 3. The predicted molar refractivity (Wildman–Crippen MR) is 133 cm³/mol. The molecule has 2 N–H and O–H groups in total. The van der Waals surface area contributed by atoms with Gasteiger partial charge in [-0.15, -0.1) is 0 Å². The molecule has 0 aliphatic heterocycles. The van der Waals surface area contributed by atoms with Gasteiger partial charge in [-0.2, -0.15) is 13.2 Å². The zero-order chi connectivity index (χ0) is 29.9. The summed E-state index contributed by atoms with van der Waals surface area (Å²) in [4.78, 5) is 32.5. The van der Waals surface area contributed by atoms with E-state index in [9.17, 15) is 32.3 Å². The second kappa shape index (κ2) is 11.9. The van der Waals surface area contributed by atoms with E-state index in [-0.39, 0.29) is 28.4 Å². The number of carbonyl (C=O) groups is 2. The molecule has 0 aliphatic carbocycles. The maximum Gasteiger partial charge on any atom is 0.416 e. The van der Waals surface area contributed by atoms with E-state index in [0.29, 0.717) is 5.56 Å². The number of rotatable bonds is 9. The molecule has 0 saturated carbocycles. The first kappa shape index (κ1) is 29.5. The summed E-state index contributed by atoms with van der Waals surface area (Å²) in [6.45, 7) is -0.832. The fraction of sp³-hybridized carbons (Fsp3) is 0.154. The Morgan fingerprint density at radius 2 is 1.83 bits per heavy atom. The largest absolute Gasteiger partial charge is 0.530 e. The maximum atomic E-state index is 15.0. The van der Waals surface area contributed by atoms with Gasteiger partial charge in [0.25, 0.3) is 5.91 Å². The number of hydrogen-bond acceptors (Lipinski definition) is 7. The number of carboxylic acid groups (broad SMARTS) is 1. The fourth-order valence-electron chi connectivity index (χ4n) is 3.74. The topological polar surface area (TPSA) is 135 Å². The number of nitrogens with zero attached hydrogens (tertiary/aromatic N) is 3. The molecule has 0 radical (unpaired) electrons. The van der Waals surface area contributed by atoms with Crippen molar-refractivity contribution in [3.8, 4) is 17.0 Å². The van der Waals surface area contributed by atoms with E-state index >= 15 is 4.39 Å². The fourth-order valence-corrected chi connectivity index (χ4v) is 4.22. The smallest absolute Gasteiger partial charge is 0.416 e. The van der Waals surface area contributed by atoms with Crippen LogP contribution >= 0.6 is 15.9 Å². The second-order valence-corrected chi connectivity index (χ2v) is 9.18. The quantitative estimate of drug-likeness (QED) is 0.258. The Hall–Kier alpha value is -4.53. The molecular formula is C26H17BrF5N4O5-. The molecule has 2 amide bonds. The lowest BCUT2D eigenvalue weighted by molar-refractivity contribution is -0.267. The molecule has 4 aromatic rings. The van der Waals surface area contributed by atoms with E-state index in [1.807, 2.05) is 0 Å². The van der Waals surface area contributed by atoms with Crippen molar-refractivity contribution in [2.24, 2.45) is 5.73 Å². The highest BCUT2D eigenvalue weighted by Gasteiger charge is 2.31. The molecule has 41 heavy (non-hydrogen) atoms. The van der Waals surface area contributed by atoms with Gasteiger partial charge in [-0.3, -0.25) is 9.78 Å². The van der Waals surface area contributed by atoms with Gasteiger partial charge in [0.05, 0.1) is 12.1 Å². The molecule has 0 spiro atoms. The molecule has 2 aromatic carbocycles. The van der Waals surface area contributed by atoms with E-state index in [2.05, 4.69) is 25.9 Å². The maximum absolute atomic E-state index is 15.0. The summed E-state index contributed by atoms with van der Waals surface area (Å²) in [7, 11) is 0. The number of nitrogens with two attached hydrogens (primary N) is 1. The monoisotopic (exact) mass is 639 g/mol. The number of primary amides is 1. The molecule has 0 saturated heterocycles. The molecule has 0 aliphatic rings. The molecule has 2 aromatic heterocycles. The molecule has 9 nitrogen and oxygen atoms in total. The minimum Gasteiger partial charge on any atom is -0.530 e. The lowest BCUT2D eigenvalue weighted by Crippen LogP contribution is -2.43. The average molecular weight is 640 g/mol. The van der Waals surface area contributed by atoms with Crippen molar-refractivity contribution in [1.82, 2.24) is 14.9 Å². The van der Waals surface area contributed by atoms with E-state index < -0.39 is 59.3 Å². The van der Waals surface area contributed by atoms with Crippen molar-refractivity contribution in [3.05, 3.63) is 99.8 Å². The van der Waals surface area contributed by atoms with E-state index in [0.717, 1.165) is 41.3 Å². The van der Waals surface area contributed by atoms with Gasteiger partial charge < -0.3 is 29.7 Å². The summed E-state index contributed by atoms with van der Waals surface area (Å²) in [5, 5.41) is 12.0. The lowest BCUT2D eigenvalue weighted by atomic mass is 10.1. The molecule has 4 rings (SSSR count). The number of hydrogen-bond donors (Lipinski definition) is 1. The summed E-state index contributed by atoms with van der Waals surface area (Å²) < 4.78 is 79.2. The van der Waals surface area contributed by atoms with Crippen LogP contribution in [0.1, 0.15) is 33.5 Å². The van der Waals surface area contributed by atoms with Crippen molar-refractivity contribution in [3.63, 3.8) is 0 Å². The highest BCUT2D eigenvalue weighted by molar-refractivity contribution is 9.10. The SMILES string of the molecule is NC(=O)c1c(F)ccc(OC(CN(Cc2cccnc2)C(=O)[O-])c2nc(-c3ccc(C(F)(F)F)cc3)c(Br)o2)c1F. The van der Waals surface area contributed by atoms with Gasteiger partial charge in [-0.05, 0) is 51.8 Å². The Balaban J connectivity index is 1.74. The van der Waals surface area contributed by atoms with Crippen LogP contribution in [0.3, 0.4) is 0 Å². The van der Waals surface area contributed by atoms with Crippen molar-refractivity contribution in [2.45, 2.75) is 18.8 Å². The van der Waals surface area contributed by atoms with Gasteiger partial charge in [0.15, 0.2) is 22.3 Å². The molecule has 2 heterocycles. The number of carbonyl (C=O) groups excluding carboxylic acids is 2. The average Bonchev–Trinajstić information content (AvgIpc) is 3.30. The first-order valence-corrected chi connectivity index (χ1v) is 12.3. The normalized spacial score (nSPS) is 12.1. The van der Waals surface area contributed by atoms with Crippen LogP contribution in [0.25, 0.3) is 11.3 Å². The van der Waals surface area contributed by atoms with Crippen LogP contribution in [0.2, 0.25) is 0 Å². The van der Waals surface area contributed by atoms with Crippen molar-refractivity contribution in [2.75, 3.05) is 6.54 Å². The van der Waals surface area contributed by atoms with Crippen LogP contribution in [-0.4, -0.2) is 33.4 Å². The lowest BCUT2D eigenvalue weighted by Gasteiger charge is -2.29. The Kier molecular flexibility index (Phi) is 8.56. The highest BCUT2D eigenvalue weighted by atomic mass is 79.9. The Morgan fingerprint density at radius 1 is 1.12 bits per heavy atom. The van der Waals surface area contributed by atoms with Gasteiger partial charge in [0.1, 0.15) is 23.2 Å². The Bertz CT molecular complexity index is 1570. The molecule has 1 atom stereocenters. The van der Waals surface area contributed by atoms with Gasteiger partial charge in [0, 0.05) is 24.5 Å². The molecule has 0 fully saturated rings. The highest BCUT2D eigenvalue weighted by Crippen LogP contribution is 2.36. The van der Waals surface area contributed by atoms with Crippen molar-refractivity contribution >= 4 is 27.9 Å². The summed E-state index contributed by atoms with van der Waals surface area (Å²) in [6.07, 6.45) is -4.90. The second-order valence-electron chi connectivity index (χ2n) is 8.46. The van der Waals surface area contributed by atoms with Crippen LogP contribution in [-0.2, 0) is 12.7 Å². The zero-order valence-corrected chi connectivity index (χ0v) is 22.1. The number of oxazole rings is 1. The van der Waals surface area contributed by atoms with Crippen LogP contribution < -0.4 is 15.6 Å². The standard InChI is InChI=1S/C26H18BrF5N4O5/c27-22-21(14-3-5-15(6-4-14)26(30,31)32)35-24(41-22)18(12-36(25(38)39)11-13-2-1-9-34-10-13)40-17-8-7-16(28)19(20(17)29)23(33)37/h1-10,18H,11-12H2,(H2,33,37)(H,38,39)/p-1. The number of pyridine rings is 1. The summed E-state index contributed by atoms with van der Waals surface area (Å²) in [6, 6.07) is 8.66. The molecule has 1 unspecified atom stereocenters. The van der Waals surface area contributed by atoms with E-state index in [1.165, 1.54) is 12.4 Å². The van der Waals surface area contributed by atoms with Crippen LogP contribution in [0, 0.1) is 11.6 Å². The third-order valence-electron chi connectivity index (χ3n) is 5.68. The first-order valence-electron chi connectivity index (χ1n) is 11.5. The molecule has 15 heteroatoms. The van der Waals surface area contributed by atoms with Crippen molar-refractivity contribution < 1.29 is 45.8 Å². The third-order valence-corrected chi connectivity index (χ3v) is 6.21. The number of halogens is 6. The first-order chi connectivity index (χ1) is 19.3. The Morgan fingerprint density at radius 3 is 2.41 bits per heavy atom. The van der Waals surface area contributed by atoms with Gasteiger partial charge in [0.2, 0.25) is 5.89 Å². The number of amides is 2. The Labute approximate surface area is 236 Å². The number of ether oxygens (including phenoxy) is 1. The van der Waals surface area contributed by atoms with Crippen LogP contribution in [0.15, 0.2) is 70.0 Å². The summed E-state index contributed by atoms with van der Waals surface area (Å²) in [5.74, 6) is -5.15. The summed E-state index contributed by atoms with van der Waals surface area (Å²) >= 11 is 3.13. The third kappa shape index (κ3) is 6.80. The van der Waals surface area contributed by atoms with Crippen LogP contribution in [0.5, 0.6) is 5.75 Å². The van der Waals surface area contributed by atoms with Gasteiger partial charge >= 0.3 is 6.18 Å². The van der Waals surface area contributed by atoms with E-state index in [1.54, 1.807) is 12.1 Å². The zero-order valence-electron chi connectivity index (χ0n) is 20.5. The minimum absolute atomic E-state index is 0.0204. The van der Waals surface area contributed by atoms with Crippen LogP contribution in [0.4, 0.5) is 26.7 Å². The number of benzene rings is 2. The van der Waals surface area contributed by atoms with Gasteiger partial charge in [-0.25, -0.2) is 13.8 Å².